The van der Waals surface area contributed by atoms with Gasteiger partial charge in [-0.2, -0.15) is 0 Å². The maximum atomic E-state index is 10.5. The van der Waals surface area contributed by atoms with Crippen LogP contribution in [0.1, 0.15) is 56.7 Å². The van der Waals surface area contributed by atoms with Crippen LogP contribution in [0, 0.1) is 5.92 Å². The first kappa shape index (κ1) is 13.0. The van der Waals surface area contributed by atoms with Gasteiger partial charge in [-0.3, -0.25) is 0 Å². The van der Waals surface area contributed by atoms with Gasteiger partial charge in [0.25, 0.3) is 0 Å². The monoisotopic (exact) mass is 301 g/mol. The molecule has 0 saturated heterocycles. The van der Waals surface area contributed by atoms with Gasteiger partial charge in [0.05, 0.1) is 0 Å². The molecule has 1 aliphatic carbocycles. The lowest BCUT2D eigenvalue weighted by molar-refractivity contribution is 0.0833. The maximum Gasteiger partial charge on any atom is 0.154 e. The number of hydrogen-bond acceptors (Lipinski definition) is 3. The summed E-state index contributed by atoms with van der Waals surface area (Å²) in [6, 6.07) is 0. The van der Waals surface area contributed by atoms with Crippen molar-refractivity contribution in [2.75, 3.05) is 0 Å². The van der Waals surface area contributed by atoms with Crippen LogP contribution in [-0.4, -0.2) is 20.1 Å². The minimum absolute atomic E-state index is 0.351. The Morgan fingerprint density at radius 3 is 2.35 bits per heavy atom. The van der Waals surface area contributed by atoms with Crippen molar-refractivity contribution >= 4 is 15.9 Å². The van der Waals surface area contributed by atoms with Gasteiger partial charge in [0.15, 0.2) is 4.60 Å². The van der Waals surface area contributed by atoms with Crippen LogP contribution in [-0.2, 0) is 7.05 Å². The molecule has 0 bridgehead atoms. The van der Waals surface area contributed by atoms with E-state index < -0.39 is 6.10 Å². The van der Waals surface area contributed by atoms with Crippen molar-refractivity contribution in [2.45, 2.75) is 51.0 Å². The van der Waals surface area contributed by atoms with Crippen molar-refractivity contribution in [3.05, 3.63) is 10.3 Å². The first-order valence-corrected chi connectivity index (χ1v) is 7.22. The van der Waals surface area contributed by atoms with E-state index in [4.69, 9.17) is 0 Å². The zero-order chi connectivity index (χ0) is 12.3. The first-order chi connectivity index (χ1) is 8.20. The van der Waals surface area contributed by atoms with E-state index >= 15 is 0 Å². The zero-order valence-corrected chi connectivity index (χ0v) is 11.9. The fraction of sp³-hybridized carbons (Fsp3) is 0.833. The Hall–Kier alpha value is -0.420. The number of aliphatic hydroxyl groups is 1. The largest absolute Gasteiger partial charge is 0.386 e. The number of aryl methyl sites for hydroxylation is 1. The summed E-state index contributed by atoms with van der Waals surface area (Å²) in [5.41, 5.74) is 0.815. The van der Waals surface area contributed by atoms with E-state index in [0.717, 1.165) is 18.5 Å². The van der Waals surface area contributed by atoms with Gasteiger partial charge >= 0.3 is 0 Å². The predicted molar refractivity (Wildman–Crippen MR) is 69.5 cm³/mol. The molecule has 1 saturated carbocycles. The van der Waals surface area contributed by atoms with Gasteiger partial charge in [0, 0.05) is 7.05 Å². The van der Waals surface area contributed by atoms with Gasteiger partial charge in [-0.1, -0.05) is 37.3 Å². The Morgan fingerprint density at radius 2 is 1.82 bits per heavy atom. The standard InChI is InChI=1S/C12H20BrN3O/c1-16-10(12(13)14-15-16)11(17)9-7-5-3-2-4-6-8-9/h9,11,17H,2-8H2,1H3. The molecule has 5 heteroatoms. The predicted octanol–water partition coefficient (Wildman–Crippen LogP) is 2.97. The van der Waals surface area contributed by atoms with Gasteiger partial charge in [-0.15, -0.1) is 5.10 Å². The molecule has 0 radical (unpaired) electrons. The second-order valence-electron chi connectivity index (χ2n) is 4.94. The number of rotatable bonds is 2. The number of aromatic nitrogens is 3. The molecule has 1 heterocycles. The highest BCUT2D eigenvalue weighted by Crippen LogP contribution is 2.34. The van der Waals surface area contributed by atoms with Crippen LogP contribution in [0.3, 0.4) is 0 Å². The Labute approximate surface area is 111 Å². The molecule has 1 atom stereocenters. The van der Waals surface area contributed by atoms with Crippen molar-refractivity contribution in [3.8, 4) is 0 Å². The van der Waals surface area contributed by atoms with E-state index in [9.17, 15) is 5.11 Å². The van der Waals surface area contributed by atoms with E-state index in [2.05, 4.69) is 26.2 Å². The van der Waals surface area contributed by atoms with Crippen LogP contribution >= 0.6 is 15.9 Å². The third-order valence-electron chi connectivity index (χ3n) is 3.70. The SMILES string of the molecule is Cn1nnc(Br)c1C(O)C1CCCCCCC1. The topological polar surface area (TPSA) is 50.9 Å². The highest BCUT2D eigenvalue weighted by atomic mass is 79.9. The van der Waals surface area contributed by atoms with E-state index in [1.54, 1.807) is 4.68 Å². The molecule has 1 N–H and O–H groups in total. The van der Waals surface area contributed by atoms with Crippen LogP contribution in [0.5, 0.6) is 0 Å². The number of nitrogens with zero attached hydrogens (tertiary/aromatic N) is 3. The summed E-state index contributed by atoms with van der Waals surface area (Å²) in [4.78, 5) is 0. The molecule has 1 aromatic rings. The van der Waals surface area contributed by atoms with Crippen molar-refractivity contribution in [3.63, 3.8) is 0 Å². The molecule has 17 heavy (non-hydrogen) atoms. The van der Waals surface area contributed by atoms with E-state index in [1.165, 1.54) is 32.1 Å². The van der Waals surface area contributed by atoms with Crippen molar-refractivity contribution in [1.29, 1.82) is 0 Å². The fourth-order valence-corrected chi connectivity index (χ4v) is 3.24. The molecule has 0 spiro atoms. The highest BCUT2D eigenvalue weighted by molar-refractivity contribution is 9.10. The summed E-state index contributed by atoms with van der Waals surface area (Å²) < 4.78 is 2.35. The van der Waals surface area contributed by atoms with Crippen LogP contribution in [0.25, 0.3) is 0 Å². The molecule has 0 aliphatic heterocycles. The molecule has 1 aliphatic rings. The zero-order valence-electron chi connectivity index (χ0n) is 10.3. The summed E-state index contributed by atoms with van der Waals surface area (Å²) in [5, 5.41) is 18.4. The minimum atomic E-state index is -0.442. The average Bonchev–Trinajstić information content (AvgIpc) is 2.57. The molecule has 1 aromatic heterocycles. The van der Waals surface area contributed by atoms with Gasteiger partial charge in [-0.25, -0.2) is 4.68 Å². The smallest absolute Gasteiger partial charge is 0.154 e. The third kappa shape index (κ3) is 3.07. The number of aliphatic hydroxyl groups excluding tert-OH is 1. The third-order valence-corrected chi connectivity index (χ3v) is 4.27. The molecule has 1 unspecified atom stereocenters. The summed E-state index contributed by atoms with van der Waals surface area (Å²) in [6.45, 7) is 0. The quantitative estimate of drug-likeness (QED) is 0.913. The molecule has 96 valence electrons. The van der Waals surface area contributed by atoms with Gasteiger partial charge < -0.3 is 5.11 Å². The number of halogens is 1. The van der Waals surface area contributed by atoms with Crippen LogP contribution < -0.4 is 0 Å². The Kier molecular flexibility index (Phi) is 4.56. The number of hydrogen-bond donors (Lipinski definition) is 1. The summed E-state index contributed by atoms with van der Waals surface area (Å²) in [7, 11) is 1.83. The van der Waals surface area contributed by atoms with Gasteiger partial charge in [0.1, 0.15) is 11.8 Å². The minimum Gasteiger partial charge on any atom is -0.386 e. The lowest BCUT2D eigenvalue weighted by atomic mass is 9.86. The van der Waals surface area contributed by atoms with Crippen molar-refractivity contribution in [2.24, 2.45) is 13.0 Å². The molecule has 4 nitrogen and oxygen atoms in total. The van der Waals surface area contributed by atoms with E-state index in [0.29, 0.717) is 10.5 Å². The molecular formula is C12H20BrN3O. The molecule has 1 fully saturated rings. The lowest BCUT2D eigenvalue weighted by Crippen LogP contribution is -2.17. The van der Waals surface area contributed by atoms with Gasteiger partial charge in [-0.05, 0) is 34.7 Å². The Bertz CT molecular complexity index is 339. The normalized spacial score (nSPS) is 20.9. The highest BCUT2D eigenvalue weighted by Gasteiger charge is 2.26. The summed E-state index contributed by atoms with van der Waals surface area (Å²) >= 11 is 3.36. The summed E-state index contributed by atoms with van der Waals surface area (Å²) in [5.74, 6) is 0.351. The maximum absolute atomic E-state index is 10.5. The van der Waals surface area contributed by atoms with Crippen molar-refractivity contribution in [1.82, 2.24) is 15.0 Å². The molecular weight excluding hydrogens is 282 g/mol. The molecule has 0 amide bonds. The molecule has 2 rings (SSSR count). The molecule has 0 aromatic carbocycles. The first-order valence-electron chi connectivity index (χ1n) is 6.43. The summed E-state index contributed by atoms with van der Waals surface area (Å²) in [6.07, 6.45) is 8.18. The lowest BCUT2D eigenvalue weighted by Gasteiger charge is -2.24. The second kappa shape index (κ2) is 5.96. The Morgan fingerprint density at radius 1 is 1.24 bits per heavy atom. The van der Waals surface area contributed by atoms with Crippen LogP contribution in [0.2, 0.25) is 0 Å². The fourth-order valence-electron chi connectivity index (χ4n) is 2.68. The Balaban J connectivity index is 2.09. The average molecular weight is 302 g/mol. The van der Waals surface area contributed by atoms with Gasteiger partial charge in [0.2, 0.25) is 0 Å². The van der Waals surface area contributed by atoms with Crippen molar-refractivity contribution < 1.29 is 5.11 Å². The van der Waals surface area contributed by atoms with E-state index in [-0.39, 0.29) is 0 Å². The van der Waals surface area contributed by atoms with Crippen LogP contribution in [0.15, 0.2) is 4.60 Å². The second-order valence-corrected chi connectivity index (χ2v) is 5.69. The van der Waals surface area contributed by atoms with E-state index in [1.807, 2.05) is 7.05 Å². The van der Waals surface area contributed by atoms with Crippen LogP contribution in [0.4, 0.5) is 0 Å².